The molecule has 0 heterocycles. The van der Waals surface area contributed by atoms with E-state index in [1.54, 1.807) is 7.11 Å². The Hall–Kier alpha value is -1.06. The highest BCUT2D eigenvalue weighted by atomic mass is 16.5. The van der Waals surface area contributed by atoms with E-state index in [-0.39, 0.29) is 0 Å². The smallest absolute Gasteiger partial charge is 0.119 e. The van der Waals surface area contributed by atoms with Crippen molar-refractivity contribution in [1.82, 2.24) is 0 Å². The van der Waals surface area contributed by atoms with E-state index < -0.39 is 5.54 Å². The van der Waals surface area contributed by atoms with Gasteiger partial charge in [0.05, 0.1) is 18.8 Å². The minimum absolute atomic E-state index is 0.446. The van der Waals surface area contributed by atoms with Crippen molar-refractivity contribution < 1.29 is 9.47 Å². The molecule has 3 heteroatoms. The van der Waals surface area contributed by atoms with Gasteiger partial charge < -0.3 is 15.2 Å². The molecular weight excluding hydrogens is 202 g/mol. The van der Waals surface area contributed by atoms with Crippen LogP contribution in [0.2, 0.25) is 0 Å². The lowest BCUT2D eigenvalue weighted by atomic mass is 9.94. The van der Waals surface area contributed by atoms with E-state index in [2.05, 4.69) is 6.92 Å². The fourth-order valence-corrected chi connectivity index (χ4v) is 1.53. The van der Waals surface area contributed by atoms with Gasteiger partial charge in [0.2, 0.25) is 0 Å². The topological polar surface area (TPSA) is 44.5 Å². The average molecular weight is 223 g/mol. The quantitative estimate of drug-likeness (QED) is 0.804. The van der Waals surface area contributed by atoms with Crippen LogP contribution in [0.5, 0.6) is 5.75 Å². The van der Waals surface area contributed by atoms with Gasteiger partial charge in [-0.05, 0) is 31.0 Å². The lowest BCUT2D eigenvalue weighted by molar-refractivity contribution is 0.141. The second-order valence-electron chi connectivity index (χ2n) is 4.22. The third kappa shape index (κ3) is 3.51. The van der Waals surface area contributed by atoms with E-state index in [1.807, 2.05) is 31.2 Å². The summed E-state index contributed by atoms with van der Waals surface area (Å²) in [5.74, 6) is 0.888. The lowest BCUT2D eigenvalue weighted by Crippen LogP contribution is -2.37. The van der Waals surface area contributed by atoms with E-state index in [4.69, 9.17) is 15.2 Å². The Morgan fingerprint density at radius 2 is 1.88 bits per heavy atom. The maximum absolute atomic E-state index is 6.13. The lowest BCUT2D eigenvalue weighted by Gasteiger charge is -2.24. The maximum Gasteiger partial charge on any atom is 0.119 e. The zero-order valence-corrected chi connectivity index (χ0v) is 10.3. The number of methoxy groups -OCH3 is 1. The largest absolute Gasteiger partial charge is 0.494 e. The van der Waals surface area contributed by atoms with E-state index in [0.29, 0.717) is 6.61 Å². The first-order chi connectivity index (χ1) is 7.60. The van der Waals surface area contributed by atoms with Crippen LogP contribution >= 0.6 is 0 Å². The summed E-state index contributed by atoms with van der Waals surface area (Å²) in [4.78, 5) is 0. The number of nitrogens with two attached hydrogens (primary N) is 1. The highest BCUT2D eigenvalue weighted by molar-refractivity contribution is 5.31. The van der Waals surface area contributed by atoms with Crippen molar-refractivity contribution in [2.24, 2.45) is 5.73 Å². The zero-order chi connectivity index (χ0) is 12.0. The second kappa shape index (κ2) is 5.87. The van der Waals surface area contributed by atoms with Crippen molar-refractivity contribution in [3.05, 3.63) is 29.8 Å². The van der Waals surface area contributed by atoms with Crippen LogP contribution in [0.25, 0.3) is 0 Å². The first-order valence-electron chi connectivity index (χ1n) is 5.61. The van der Waals surface area contributed by atoms with Crippen LogP contribution in [0.4, 0.5) is 0 Å². The summed E-state index contributed by atoms with van der Waals surface area (Å²) in [5, 5.41) is 0. The molecule has 3 nitrogen and oxygen atoms in total. The molecule has 0 radical (unpaired) electrons. The number of hydrogen-bond acceptors (Lipinski definition) is 3. The van der Waals surface area contributed by atoms with Crippen LogP contribution in [-0.2, 0) is 10.3 Å². The van der Waals surface area contributed by atoms with E-state index in [1.165, 1.54) is 0 Å². The molecule has 1 atom stereocenters. The van der Waals surface area contributed by atoms with Crippen LogP contribution in [0.1, 0.15) is 25.8 Å². The molecule has 0 aromatic heterocycles. The number of benzene rings is 1. The highest BCUT2D eigenvalue weighted by Gasteiger charge is 2.20. The predicted molar refractivity (Wildman–Crippen MR) is 65.6 cm³/mol. The van der Waals surface area contributed by atoms with Gasteiger partial charge in [-0.2, -0.15) is 0 Å². The molecule has 1 unspecified atom stereocenters. The predicted octanol–water partition coefficient (Wildman–Crippen LogP) is 2.30. The summed E-state index contributed by atoms with van der Waals surface area (Å²) >= 11 is 0. The van der Waals surface area contributed by atoms with Gasteiger partial charge >= 0.3 is 0 Å². The summed E-state index contributed by atoms with van der Waals surface area (Å²) in [5.41, 5.74) is 6.74. The third-order valence-electron chi connectivity index (χ3n) is 2.43. The highest BCUT2D eigenvalue weighted by Crippen LogP contribution is 2.21. The van der Waals surface area contributed by atoms with Crippen molar-refractivity contribution in [1.29, 1.82) is 0 Å². The van der Waals surface area contributed by atoms with Crippen molar-refractivity contribution in [3.63, 3.8) is 0 Å². The van der Waals surface area contributed by atoms with Crippen LogP contribution in [0, 0.1) is 0 Å². The molecule has 0 aliphatic heterocycles. The standard InChI is InChI=1S/C13H21NO2/c1-4-9-16-12-7-5-11(6-8-12)13(2,14)10-15-3/h5-8H,4,9-10,14H2,1-3H3. The van der Waals surface area contributed by atoms with Crippen molar-refractivity contribution in [2.75, 3.05) is 20.3 Å². The molecule has 16 heavy (non-hydrogen) atoms. The number of hydrogen-bond donors (Lipinski definition) is 1. The SMILES string of the molecule is CCCOc1ccc(C(C)(N)COC)cc1. The number of ether oxygens (including phenoxy) is 2. The fourth-order valence-electron chi connectivity index (χ4n) is 1.53. The van der Waals surface area contributed by atoms with Crippen LogP contribution in [-0.4, -0.2) is 20.3 Å². The Labute approximate surface area is 97.6 Å². The van der Waals surface area contributed by atoms with Crippen LogP contribution in [0.15, 0.2) is 24.3 Å². The Morgan fingerprint density at radius 3 is 2.38 bits per heavy atom. The van der Waals surface area contributed by atoms with Gasteiger partial charge in [0, 0.05) is 7.11 Å². The van der Waals surface area contributed by atoms with Crippen molar-refractivity contribution in [2.45, 2.75) is 25.8 Å². The maximum atomic E-state index is 6.13. The Bertz CT molecular complexity index is 306. The van der Waals surface area contributed by atoms with Crippen LogP contribution < -0.4 is 10.5 Å². The molecule has 0 spiro atoms. The Morgan fingerprint density at radius 1 is 1.25 bits per heavy atom. The monoisotopic (exact) mass is 223 g/mol. The minimum Gasteiger partial charge on any atom is -0.494 e. The Balaban J connectivity index is 2.70. The molecule has 0 fully saturated rings. The molecule has 0 bridgehead atoms. The molecule has 1 aromatic carbocycles. The van der Waals surface area contributed by atoms with E-state index in [9.17, 15) is 0 Å². The normalized spacial score (nSPS) is 14.5. The molecule has 0 saturated carbocycles. The summed E-state index contributed by atoms with van der Waals surface area (Å²) in [6.45, 7) is 5.29. The molecule has 0 aliphatic rings. The Kier molecular flexibility index (Phi) is 4.77. The third-order valence-corrected chi connectivity index (χ3v) is 2.43. The molecule has 0 amide bonds. The molecule has 0 aliphatic carbocycles. The first kappa shape index (κ1) is 13.0. The van der Waals surface area contributed by atoms with Gasteiger partial charge in [-0.25, -0.2) is 0 Å². The second-order valence-corrected chi connectivity index (χ2v) is 4.22. The molecule has 1 rings (SSSR count). The van der Waals surface area contributed by atoms with Gasteiger partial charge in [-0.15, -0.1) is 0 Å². The first-order valence-corrected chi connectivity index (χ1v) is 5.61. The fraction of sp³-hybridized carbons (Fsp3) is 0.538. The summed E-state index contributed by atoms with van der Waals surface area (Å²) in [7, 11) is 1.66. The molecular formula is C13H21NO2. The van der Waals surface area contributed by atoms with E-state index in [0.717, 1.165) is 24.3 Å². The summed E-state index contributed by atoms with van der Waals surface area (Å²) in [6.07, 6.45) is 1.01. The van der Waals surface area contributed by atoms with Gasteiger partial charge in [0.25, 0.3) is 0 Å². The van der Waals surface area contributed by atoms with Crippen molar-refractivity contribution >= 4 is 0 Å². The molecule has 90 valence electrons. The van der Waals surface area contributed by atoms with Crippen molar-refractivity contribution in [3.8, 4) is 5.75 Å². The van der Waals surface area contributed by atoms with E-state index >= 15 is 0 Å². The average Bonchev–Trinajstić information content (AvgIpc) is 2.27. The molecule has 1 aromatic rings. The van der Waals surface area contributed by atoms with Gasteiger partial charge in [-0.1, -0.05) is 19.1 Å². The number of rotatable bonds is 6. The molecule has 0 saturated heterocycles. The minimum atomic E-state index is -0.446. The summed E-state index contributed by atoms with van der Waals surface area (Å²) in [6, 6.07) is 7.88. The molecule has 2 N–H and O–H groups in total. The zero-order valence-electron chi connectivity index (χ0n) is 10.3. The van der Waals surface area contributed by atoms with Gasteiger partial charge in [-0.3, -0.25) is 0 Å². The van der Waals surface area contributed by atoms with Crippen LogP contribution in [0.3, 0.4) is 0 Å². The van der Waals surface area contributed by atoms with Gasteiger partial charge in [0.15, 0.2) is 0 Å². The summed E-state index contributed by atoms with van der Waals surface area (Å²) < 4.78 is 10.6. The van der Waals surface area contributed by atoms with Gasteiger partial charge in [0.1, 0.15) is 5.75 Å².